The van der Waals surface area contributed by atoms with Crippen LogP contribution in [-0.4, -0.2) is 48.3 Å². The van der Waals surface area contributed by atoms with Gasteiger partial charge in [-0.1, -0.05) is 13.8 Å². The van der Waals surface area contributed by atoms with E-state index in [1.54, 1.807) is 35.5 Å². The minimum atomic E-state index is -1.09. The zero-order valence-electron chi connectivity index (χ0n) is 19.3. The molecule has 0 atom stereocenters. The number of hydrogen-bond acceptors (Lipinski definition) is 7. The van der Waals surface area contributed by atoms with Gasteiger partial charge < -0.3 is 14.7 Å². The number of rotatable bonds is 4. The van der Waals surface area contributed by atoms with E-state index in [2.05, 4.69) is 39.8 Å². The van der Waals surface area contributed by atoms with Gasteiger partial charge in [0.15, 0.2) is 5.82 Å². The molecule has 0 unspecified atom stereocenters. The van der Waals surface area contributed by atoms with Crippen LogP contribution in [0.3, 0.4) is 0 Å². The number of nitrogens with zero attached hydrogens (tertiary/aromatic N) is 6. The highest BCUT2D eigenvalue weighted by molar-refractivity contribution is 5.87. The van der Waals surface area contributed by atoms with E-state index in [4.69, 9.17) is 9.84 Å². The van der Waals surface area contributed by atoms with E-state index in [0.29, 0.717) is 30.4 Å². The van der Waals surface area contributed by atoms with Gasteiger partial charge in [0.1, 0.15) is 18.0 Å². The second kappa shape index (κ2) is 7.98. The zero-order chi connectivity index (χ0) is 24.1. The molecule has 0 spiro atoms. The predicted octanol–water partition coefficient (Wildman–Crippen LogP) is 3.08. The SMILES string of the molecule is CC(C)c1cc(N2CCOc3nc(-c4ccc(C(=O)O)nc4)ncc32)cc2c1n(C)c(=O)n2C. The van der Waals surface area contributed by atoms with Crippen LogP contribution in [0.5, 0.6) is 5.88 Å². The van der Waals surface area contributed by atoms with Crippen LogP contribution in [0.25, 0.3) is 22.4 Å². The van der Waals surface area contributed by atoms with E-state index in [0.717, 1.165) is 28.0 Å². The number of aryl methyl sites for hydroxylation is 2. The molecule has 4 heterocycles. The fraction of sp³-hybridized carbons (Fsp3) is 0.292. The average Bonchev–Trinajstić information content (AvgIpc) is 3.06. The Kier molecular flexibility index (Phi) is 5.07. The molecule has 174 valence electrons. The molecule has 1 aliphatic rings. The molecule has 0 saturated carbocycles. The fourth-order valence-electron chi connectivity index (χ4n) is 4.33. The Morgan fingerprint density at radius 2 is 1.91 bits per heavy atom. The quantitative estimate of drug-likeness (QED) is 0.494. The number of carboxylic acid groups (broad SMARTS) is 1. The second-order valence-corrected chi connectivity index (χ2v) is 8.58. The van der Waals surface area contributed by atoms with Gasteiger partial charge in [-0.3, -0.25) is 9.13 Å². The molecule has 0 fully saturated rings. The summed E-state index contributed by atoms with van der Waals surface area (Å²) in [5, 5.41) is 9.06. The van der Waals surface area contributed by atoms with Crippen LogP contribution >= 0.6 is 0 Å². The van der Waals surface area contributed by atoms with Crippen LogP contribution in [0.1, 0.15) is 35.8 Å². The second-order valence-electron chi connectivity index (χ2n) is 8.58. The summed E-state index contributed by atoms with van der Waals surface area (Å²) in [5.41, 5.74) is 5.03. The molecule has 0 bridgehead atoms. The van der Waals surface area contributed by atoms with Crippen LogP contribution in [-0.2, 0) is 14.1 Å². The van der Waals surface area contributed by atoms with Crippen LogP contribution < -0.4 is 15.3 Å². The number of aromatic carboxylic acids is 1. The van der Waals surface area contributed by atoms with Gasteiger partial charge in [0.05, 0.1) is 23.8 Å². The third kappa shape index (κ3) is 3.38. The molecule has 34 heavy (non-hydrogen) atoms. The minimum absolute atomic E-state index is 0.0456. The highest BCUT2D eigenvalue weighted by Gasteiger charge is 2.25. The maximum Gasteiger partial charge on any atom is 0.354 e. The molecule has 0 aliphatic carbocycles. The molecule has 10 heteroatoms. The Balaban J connectivity index is 1.59. The van der Waals surface area contributed by atoms with Crippen molar-refractivity contribution in [3.05, 3.63) is 58.4 Å². The Bertz CT molecular complexity index is 1490. The van der Waals surface area contributed by atoms with Crippen molar-refractivity contribution in [2.75, 3.05) is 18.1 Å². The molecular weight excluding hydrogens is 436 g/mol. The van der Waals surface area contributed by atoms with Gasteiger partial charge in [-0.2, -0.15) is 4.98 Å². The van der Waals surface area contributed by atoms with Gasteiger partial charge >= 0.3 is 11.7 Å². The van der Waals surface area contributed by atoms with E-state index in [1.807, 2.05) is 6.07 Å². The van der Waals surface area contributed by atoms with Crippen molar-refractivity contribution in [3.63, 3.8) is 0 Å². The summed E-state index contributed by atoms with van der Waals surface area (Å²) in [4.78, 5) is 38.8. The number of fused-ring (bicyclic) bond motifs is 2. The number of aromatic nitrogens is 5. The number of ether oxygens (including phenoxy) is 1. The lowest BCUT2D eigenvalue weighted by Gasteiger charge is -2.31. The number of imidazole rings is 1. The monoisotopic (exact) mass is 460 g/mol. The standard InChI is InChI=1S/C24H24N6O4/c1-13(2)16-9-15(10-18-20(16)29(4)24(33)28(18)3)30-7-8-34-22-19(30)12-26-21(27-22)14-5-6-17(23(31)32)25-11-14/h5-6,9-13H,7-8H2,1-4H3,(H,31,32). The van der Waals surface area contributed by atoms with Gasteiger partial charge in [0, 0.05) is 31.5 Å². The molecular formula is C24H24N6O4. The largest absolute Gasteiger partial charge is 0.477 e. The van der Waals surface area contributed by atoms with Crippen molar-refractivity contribution in [2.45, 2.75) is 19.8 Å². The number of carboxylic acids is 1. The van der Waals surface area contributed by atoms with Gasteiger partial charge in [0.25, 0.3) is 0 Å². The first-order valence-corrected chi connectivity index (χ1v) is 10.9. The Morgan fingerprint density at radius 1 is 1.12 bits per heavy atom. The minimum Gasteiger partial charge on any atom is -0.477 e. The summed E-state index contributed by atoms with van der Waals surface area (Å²) in [6, 6.07) is 7.17. The molecule has 4 aromatic rings. The van der Waals surface area contributed by atoms with Crippen LogP contribution in [0.2, 0.25) is 0 Å². The lowest BCUT2D eigenvalue weighted by atomic mass is 10.00. The summed E-state index contributed by atoms with van der Waals surface area (Å²) in [6.07, 6.45) is 3.13. The van der Waals surface area contributed by atoms with Crippen molar-refractivity contribution in [1.29, 1.82) is 0 Å². The normalized spacial score (nSPS) is 13.3. The molecule has 1 aliphatic heterocycles. The fourth-order valence-corrected chi connectivity index (χ4v) is 4.33. The van der Waals surface area contributed by atoms with Crippen molar-refractivity contribution >= 4 is 28.4 Å². The lowest BCUT2D eigenvalue weighted by Crippen LogP contribution is -2.29. The molecule has 1 N–H and O–H groups in total. The van der Waals surface area contributed by atoms with Crippen molar-refractivity contribution in [1.82, 2.24) is 24.1 Å². The summed E-state index contributed by atoms with van der Waals surface area (Å²) in [6.45, 7) is 5.27. The van der Waals surface area contributed by atoms with Gasteiger partial charge in [-0.25, -0.2) is 19.6 Å². The Labute approximate surface area is 195 Å². The Morgan fingerprint density at radius 3 is 2.59 bits per heavy atom. The lowest BCUT2D eigenvalue weighted by molar-refractivity contribution is 0.0690. The molecule has 0 saturated heterocycles. The summed E-state index contributed by atoms with van der Waals surface area (Å²) >= 11 is 0. The first-order chi connectivity index (χ1) is 16.3. The molecule has 3 aromatic heterocycles. The van der Waals surface area contributed by atoms with E-state index < -0.39 is 5.97 Å². The maximum absolute atomic E-state index is 12.6. The summed E-state index contributed by atoms with van der Waals surface area (Å²) in [7, 11) is 3.58. The maximum atomic E-state index is 12.6. The van der Waals surface area contributed by atoms with Crippen molar-refractivity contribution in [2.24, 2.45) is 14.1 Å². The predicted molar refractivity (Wildman–Crippen MR) is 127 cm³/mol. The highest BCUT2D eigenvalue weighted by Crippen LogP contribution is 2.38. The summed E-state index contributed by atoms with van der Waals surface area (Å²) in [5.74, 6) is -0.0399. The van der Waals surface area contributed by atoms with Crippen LogP contribution in [0.4, 0.5) is 11.4 Å². The number of carbonyl (C=O) groups is 1. The smallest absolute Gasteiger partial charge is 0.354 e. The zero-order valence-corrected chi connectivity index (χ0v) is 19.3. The van der Waals surface area contributed by atoms with Crippen LogP contribution in [0, 0.1) is 0 Å². The highest BCUT2D eigenvalue weighted by atomic mass is 16.5. The number of pyridine rings is 1. The number of benzene rings is 1. The first-order valence-electron chi connectivity index (χ1n) is 10.9. The molecule has 10 nitrogen and oxygen atoms in total. The van der Waals surface area contributed by atoms with Gasteiger partial charge in [-0.05, 0) is 35.7 Å². The van der Waals surface area contributed by atoms with E-state index in [-0.39, 0.29) is 17.3 Å². The molecule has 0 radical (unpaired) electrons. The van der Waals surface area contributed by atoms with Gasteiger partial charge in [-0.15, -0.1) is 0 Å². The van der Waals surface area contributed by atoms with Crippen LogP contribution in [0.15, 0.2) is 41.5 Å². The molecule has 1 aromatic carbocycles. The van der Waals surface area contributed by atoms with Crippen molar-refractivity contribution < 1.29 is 14.6 Å². The molecule has 0 amide bonds. The first kappa shape index (κ1) is 21.6. The third-order valence-corrected chi connectivity index (χ3v) is 6.13. The Hall–Kier alpha value is -4.21. The number of anilines is 2. The van der Waals surface area contributed by atoms with E-state index >= 15 is 0 Å². The summed E-state index contributed by atoms with van der Waals surface area (Å²) < 4.78 is 9.21. The van der Waals surface area contributed by atoms with Gasteiger partial charge in [0.2, 0.25) is 5.88 Å². The van der Waals surface area contributed by atoms with Crippen molar-refractivity contribution in [3.8, 4) is 17.3 Å². The average molecular weight is 460 g/mol. The van der Waals surface area contributed by atoms with E-state index in [1.165, 1.54) is 12.3 Å². The topological polar surface area (TPSA) is 115 Å². The van der Waals surface area contributed by atoms with E-state index in [9.17, 15) is 9.59 Å². The number of hydrogen-bond donors (Lipinski definition) is 1. The molecule has 5 rings (SSSR count). The third-order valence-electron chi connectivity index (χ3n) is 6.13.